The summed E-state index contributed by atoms with van der Waals surface area (Å²) in [6, 6.07) is 0. The molecule has 0 saturated carbocycles. The van der Waals surface area contributed by atoms with Gasteiger partial charge in [-0.15, -0.1) is 0 Å². The maximum absolute atomic E-state index is 11.1. The molecule has 0 amide bonds. The maximum Gasteiger partial charge on any atom is 0.313 e. The standard InChI is InChI=1S/C12H21N3O3/c1-4-6-10(16)8-11-12(15(17)18)9(3)13-14(11)7-5-2/h10,16H,4-8H2,1-3H3. The van der Waals surface area contributed by atoms with Crippen LogP contribution in [0, 0.1) is 17.0 Å². The van der Waals surface area contributed by atoms with E-state index >= 15 is 0 Å². The first-order valence-electron chi connectivity index (χ1n) is 6.39. The minimum Gasteiger partial charge on any atom is -0.393 e. The summed E-state index contributed by atoms with van der Waals surface area (Å²) in [5, 5.41) is 25.1. The van der Waals surface area contributed by atoms with Crippen LogP contribution in [-0.2, 0) is 13.0 Å². The number of aromatic nitrogens is 2. The van der Waals surface area contributed by atoms with Gasteiger partial charge in [0.05, 0.1) is 11.0 Å². The number of rotatable bonds is 7. The van der Waals surface area contributed by atoms with E-state index in [9.17, 15) is 15.2 Å². The van der Waals surface area contributed by atoms with Crippen molar-refractivity contribution in [3.8, 4) is 0 Å². The van der Waals surface area contributed by atoms with Crippen LogP contribution in [0.25, 0.3) is 0 Å². The van der Waals surface area contributed by atoms with E-state index in [0.29, 0.717) is 30.8 Å². The molecule has 1 unspecified atom stereocenters. The summed E-state index contributed by atoms with van der Waals surface area (Å²) in [5.41, 5.74) is 1.02. The first kappa shape index (κ1) is 14.6. The van der Waals surface area contributed by atoms with Crippen LogP contribution < -0.4 is 0 Å². The number of aryl methyl sites for hydroxylation is 2. The minimum absolute atomic E-state index is 0.0543. The van der Waals surface area contributed by atoms with Crippen LogP contribution in [0.3, 0.4) is 0 Å². The Morgan fingerprint density at radius 1 is 1.44 bits per heavy atom. The van der Waals surface area contributed by atoms with Gasteiger partial charge in [0, 0.05) is 13.0 Å². The molecule has 6 nitrogen and oxygen atoms in total. The highest BCUT2D eigenvalue weighted by Crippen LogP contribution is 2.25. The molecular weight excluding hydrogens is 234 g/mol. The first-order chi connectivity index (χ1) is 8.51. The fourth-order valence-electron chi connectivity index (χ4n) is 2.11. The van der Waals surface area contributed by atoms with Gasteiger partial charge in [-0.25, -0.2) is 0 Å². The van der Waals surface area contributed by atoms with Crippen molar-refractivity contribution in [3.05, 3.63) is 21.5 Å². The molecule has 0 saturated heterocycles. The molecule has 0 aliphatic carbocycles. The van der Waals surface area contributed by atoms with E-state index in [1.165, 1.54) is 0 Å². The molecule has 1 heterocycles. The molecule has 0 radical (unpaired) electrons. The Hall–Kier alpha value is -1.43. The smallest absolute Gasteiger partial charge is 0.313 e. The fraction of sp³-hybridized carbons (Fsp3) is 0.750. The molecule has 0 spiro atoms. The second kappa shape index (κ2) is 6.49. The van der Waals surface area contributed by atoms with Crippen molar-refractivity contribution in [2.24, 2.45) is 0 Å². The van der Waals surface area contributed by atoms with Gasteiger partial charge in [-0.3, -0.25) is 14.8 Å². The first-order valence-corrected chi connectivity index (χ1v) is 6.39. The van der Waals surface area contributed by atoms with Crippen LogP contribution >= 0.6 is 0 Å². The molecule has 1 rings (SSSR count). The lowest BCUT2D eigenvalue weighted by molar-refractivity contribution is -0.386. The van der Waals surface area contributed by atoms with Gasteiger partial charge in [0.1, 0.15) is 11.4 Å². The molecule has 102 valence electrons. The molecule has 0 aromatic carbocycles. The monoisotopic (exact) mass is 255 g/mol. The van der Waals surface area contributed by atoms with Gasteiger partial charge in [-0.2, -0.15) is 5.10 Å². The highest BCUT2D eigenvalue weighted by Gasteiger charge is 2.26. The van der Waals surface area contributed by atoms with Crippen LogP contribution in [0.4, 0.5) is 5.69 Å². The van der Waals surface area contributed by atoms with Crippen molar-refractivity contribution >= 4 is 5.69 Å². The molecule has 1 aromatic heterocycles. The molecule has 0 aliphatic heterocycles. The number of aliphatic hydroxyl groups is 1. The van der Waals surface area contributed by atoms with E-state index in [2.05, 4.69) is 5.10 Å². The predicted octanol–water partition coefficient (Wildman–Crippen LogP) is 2.21. The molecule has 6 heteroatoms. The van der Waals surface area contributed by atoms with E-state index in [-0.39, 0.29) is 5.69 Å². The Morgan fingerprint density at radius 3 is 2.61 bits per heavy atom. The third kappa shape index (κ3) is 3.29. The van der Waals surface area contributed by atoms with Crippen molar-refractivity contribution in [2.45, 2.75) is 59.1 Å². The Balaban J connectivity index is 3.07. The van der Waals surface area contributed by atoms with Gasteiger partial charge in [0.2, 0.25) is 0 Å². The third-order valence-electron chi connectivity index (χ3n) is 2.87. The normalized spacial score (nSPS) is 12.7. The number of hydrogen-bond donors (Lipinski definition) is 1. The predicted molar refractivity (Wildman–Crippen MR) is 68.5 cm³/mol. The van der Waals surface area contributed by atoms with Crippen LogP contribution in [0.15, 0.2) is 0 Å². The third-order valence-corrected chi connectivity index (χ3v) is 2.87. The maximum atomic E-state index is 11.1. The lowest BCUT2D eigenvalue weighted by Crippen LogP contribution is -2.15. The molecule has 1 N–H and O–H groups in total. The number of nitrogens with zero attached hydrogens (tertiary/aromatic N) is 3. The number of aliphatic hydroxyl groups excluding tert-OH is 1. The second-order valence-electron chi connectivity index (χ2n) is 4.51. The SMILES string of the molecule is CCCC(O)Cc1c([N+](=O)[O-])c(C)nn1CCC. The highest BCUT2D eigenvalue weighted by molar-refractivity contribution is 5.40. The van der Waals surface area contributed by atoms with Crippen LogP contribution in [0.1, 0.15) is 44.5 Å². The molecule has 18 heavy (non-hydrogen) atoms. The van der Waals surface area contributed by atoms with Crippen LogP contribution in [0.5, 0.6) is 0 Å². The van der Waals surface area contributed by atoms with Crippen molar-refractivity contribution in [1.29, 1.82) is 0 Å². The van der Waals surface area contributed by atoms with Crippen molar-refractivity contribution in [3.63, 3.8) is 0 Å². The van der Waals surface area contributed by atoms with E-state index in [1.807, 2.05) is 13.8 Å². The lowest BCUT2D eigenvalue weighted by atomic mass is 10.1. The summed E-state index contributed by atoms with van der Waals surface area (Å²) < 4.78 is 1.66. The number of nitro groups is 1. The summed E-state index contributed by atoms with van der Waals surface area (Å²) in [7, 11) is 0. The van der Waals surface area contributed by atoms with Gasteiger partial charge in [0.25, 0.3) is 0 Å². The van der Waals surface area contributed by atoms with Crippen molar-refractivity contribution < 1.29 is 10.0 Å². The largest absolute Gasteiger partial charge is 0.393 e. The summed E-state index contributed by atoms with van der Waals surface area (Å²) in [5.74, 6) is 0. The van der Waals surface area contributed by atoms with Gasteiger partial charge in [-0.05, 0) is 19.8 Å². The Kier molecular flexibility index (Phi) is 5.27. The van der Waals surface area contributed by atoms with Crippen molar-refractivity contribution in [1.82, 2.24) is 9.78 Å². The van der Waals surface area contributed by atoms with Crippen LogP contribution in [0.2, 0.25) is 0 Å². The lowest BCUT2D eigenvalue weighted by Gasteiger charge is -2.10. The summed E-state index contributed by atoms with van der Waals surface area (Å²) >= 11 is 0. The molecule has 0 aliphatic rings. The molecule has 1 atom stereocenters. The summed E-state index contributed by atoms with van der Waals surface area (Å²) in [4.78, 5) is 10.7. The Morgan fingerprint density at radius 2 is 2.11 bits per heavy atom. The zero-order valence-corrected chi connectivity index (χ0v) is 11.2. The zero-order chi connectivity index (χ0) is 13.7. The molecular formula is C12H21N3O3. The zero-order valence-electron chi connectivity index (χ0n) is 11.2. The molecule has 0 bridgehead atoms. The van der Waals surface area contributed by atoms with Gasteiger partial charge in [-0.1, -0.05) is 20.3 Å². The Bertz CT molecular complexity index is 415. The average molecular weight is 255 g/mol. The van der Waals surface area contributed by atoms with Crippen LogP contribution in [-0.4, -0.2) is 25.9 Å². The number of hydrogen-bond acceptors (Lipinski definition) is 4. The van der Waals surface area contributed by atoms with E-state index < -0.39 is 11.0 Å². The molecule has 1 aromatic rings. The van der Waals surface area contributed by atoms with E-state index in [4.69, 9.17) is 0 Å². The Labute approximate surface area is 107 Å². The second-order valence-corrected chi connectivity index (χ2v) is 4.51. The van der Waals surface area contributed by atoms with Gasteiger partial charge >= 0.3 is 5.69 Å². The molecule has 0 fully saturated rings. The minimum atomic E-state index is -0.541. The fourth-order valence-corrected chi connectivity index (χ4v) is 2.11. The van der Waals surface area contributed by atoms with Gasteiger partial charge < -0.3 is 5.11 Å². The van der Waals surface area contributed by atoms with E-state index in [1.54, 1.807) is 11.6 Å². The average Bonchev–Trinajstić information content (AvgIpc) is 2.56. The highest BCUT2D eigenvalue weighted by atomic mass is 16.6. The van der Waals surface area contributed by atoms with E-state index in [0.717, 1.165) is 12.8 Å². The topological polar surface area (TPSA) is 81.2 Å². The van der Waals surface area contributed by atoms with Gasteiger partial charge in [0.15, 0.2) is 0 Å². The summed E-state index contributed by atoms with van der Waals surface area (Å²) in [6.45, 7) is 6.25. The quantitative estimate of drug-likeness (QED) is 0.598. The summed E-state index contributed by atoms with van der Waals surface area (Å²) in [6.07, 6.45) is 2.11. The van der Waals surface area contributed by atoms with Crippen molar-refractivity contribution in [2.75, 3.05) is 0 Å².